The van der Waals surface area contributed by atoms with Gasteiger partial charge in [0.15, 0.2) is 0 Å². The van der Waals surface area contributed by atoms with Crippen LogP contribution in [-0.2, 0) is 9.47 Å². The van der Waals surface area contributed by atoms with Crippen molar-refractivity contribution in [1.82, 2.24) is 10.2 Å². The summed E-state index contributed by atoms with van der Waals surface area (Å²) in [6, 6.07) is -0.869. The van der Waals surface area contributed by atoms with E-state index in [1.54, 1.807) is 20.8 Å². The van der Waals surface area contributed by atoms with Crippen molar-refractivity contribution in [2.45, 2.75) is 44.6 Å². The molecule has 2 aliphatic heterocycles. The number of hydrogen-bond acceptors (Lipinski definition) is 5. The number of rotatable bonds is 1. The molecule has 0 radical (unpaired) electrons. The van der Waals surface area contributed by atoms with Gasteiger partial charge < -0.3 is 19.9 Å². The average molecular weight is 258 g/mol. The second kappa shape index (κ2) is 4.31. The van der Waals surface area contributed by atoms with E-state index in [4.69, 9.17) is 9.47 Å². The Hall–Kier alpha value is -1.50. The van der Waals surface area contributed by atoms with Crippen LogP contribution < -0.4 is 5.32 Å². The quantitative estimate of drug-likeness (QED) is 0.695. The van der Waals surface area contributed by atoms with Crippen molar-refractivity contribution >= 4 is 12.2 Å². The molecule has 2 saturated heterocycles. The van der Waals surface area contributed by atoms with Gasteiger partial charge in [0, 0.05) is 0 Å². The van der Waals surface area contributed by atoms with E-state index in [1.807, 2.05) is 0 Å². The molecular formula is C11H18N2O5. The SMILES string of the molecule is CC(C)(C)OC(=O)N1C[C@H]2OC(=O)N[C@H]2[C@H]1CO. The van der Waals surface area contributed by atoms with Crippen LogP contribution in [0.1, 0.15) is 20.8 Å². The van der Waals surface area contributed by atoms with E-state index in [-0.39, 0.29) is 19.2 Å². The number of likely N-dealkylation sites (tertiary alicyclic amines) is 1. The first-order valence-electron chi connectivity index (χ1n) is 5.89. The molecule has 2 N–H and O–H groups in total. The lowest BCUT2D eigenvalue weighted by atomic mass is 10.1. The summed E-state index contributed by atoms with van der Waals surface area (Å²) in [6.45, 7) is 5.31. The van der Waals surface area contributed by atoms with Crippen LogP contribution in [0.15, 0.2) is 0 Å². The van der Waals surface area contributed by atoms with Crippen LogP contribution in [0.5, 0.6) is 0 Å². The van der Waals surface area contributed by atoms with Gasteiger partial charge in [-0.2, -0.15) is 0 Å². The van der Waals surface area contributed by atoms with E-state index >= 15 is 0 Å². The van der Waals surface area contributed by atoms with Crippen molar-refractivity contribution < 1.29 is 24.2 Å². The maximum absolute atomic E-state index is 12.0. The minimum Gasteiger partial charge on any atom is -0.444 e. The number of nitrogens with zero attached hydrogens (tertiary/aromatic N) is 1. The van der Waals surface area contributed by atoms with E-state index in [0.29, 0.717) is 0 Å². The summed E-state index contributed by atoms with van der Waals surface area (Å²) in [5.74, 6) is 0. The first-order chi connectivity index (χ1) is 8.31. The molecule has 0 unspecified atom stereocenters. The summed E-state index contributed by atoms with van der Waals surface area (Å²) < 4.78 is 10.3. The molecule has 7 heteroatoms. The summed E-state index contributed by atoms with van der Waals surface area (Å²) in [5, 5.41) is 12.0. The number of ether oxygens (including phenoxy) is 2. The molecule has 2 heterocycles. The number of carbonyl (C=O) groups excluding carboxylic acids is 2. The number of carbonyl (C=O) groups is 2. The summed E-state index contributed by atoms with van der Waals surface area (Å²) >= 11 is 0. The Morgan fingerprint density at radius 3 is 2.83 bits per heavy atom. The maximum Gasteiger partial charge on any atom is 0.410 e. The Balaban J connectivity index is 2.07. The molecule has 0 spiro atoms. The van der Waals surface area contributed by atoms with Crippen LogP contribution in [0.25, 0.3) is 0 Å². The van der Waals surface area contributed by atoms with Gasteiger partial charge in [0.25, 0.3) is 0 Å². The Labute approximate surface area is 105 Å². The number of aliphatic hydroxyl groups is 1. The zero-order chi connectivity index (χ0) is 13.5. The van der Waals surface area contributed by atoms with Gasteiger partial charge in [-0.3, -0.25) is 4.90 Å². The van der Waals surface area contributed by atoms with E-state index < -0.39 is 29.9 Å². The monoisotopic (exact) mass is 258 g/mol. The highest BCUT2D eigenvalue weighted by Crippen LogP contribution is 2.26. The Bertz CT molecular complexity index is 365. The van der Waals surface area contributed by atoms with Gasteiger partial charge in [-0.1, -0.05) is 0 Å². The van der Waals surface area contributed by atoms with Crippen LogP contribution in [-0.4, -0.2) is 59.1 Å². The summed E-state index contributed by atoms with van der Waals surface area (Å²) in [4.78, 5) is 24.4. The van der Waals surface area contributed by atoms with E-state index in [1.165, 1.54) is 4.90 Å². The number of aliphatic hydroxyl groups excluding tert-OH is 1. The summed E-state index contributed by atoms with van der Waals surface area (Å²) in [7, 11) is 0. The fraction of sp³-hybridized carbons (Fsp3) is 0.818. The van der Waals surface area contributed by atoms with E-state index in [9.17, 15) is 14.7 Å². The second-order valence-electron chi connectivity index (χ2n) is 5.50. The highest BCUT2D eigenvalue weighted by Gasteiger charge is 2.51. The van der Waals surface area contributed by atoms with Crippen molar-refractivity contribution in [3.8, 4) is 0 Å². The van der Waals surface area contributed by atoms with Crippen molar-refractivity contribution in [2.24, 2.45) is 0 Å². The third-order valence-corrected chi connectivity index (χ3v) is 2.95. The topological polar surface area (TPSA) is 88.1 Å². The third kappa shape index (κ3) is 2.35. The molecule has 2 amide bonds. The van der Waals surface area contributed by atoms with Crippen LogP contribution in [0.4, 0.5) is 9.59 Å². The van der Waals surface area contributed by atoms with Crippen molar-refractivity contribution in [1.29, 1.82) is 0 Å². The molecule has 0 saturated carbocycles. The Morgan fingerprint density at radius 1 is 1.61 bits per heavy atom. The fourth-order valence-corrected chi connectivity index (χ4v) is 2.23. The molecule has 18 heavy (non-hydrogen) atoms. The number of fused-ring (bicyclic) bond motifs is 1. The highest BCUT2D eigenvalue weighted by atomic mass is 16.6. The third-order valence-electron chi connectivity index (χ3n) is 2.95. The van der Waals surface area contributed by atoms with Gasteiger partial charge in [0.1, 0.15) is 11.7 Å². The molecule has 102 valence electrons. The molecule has 2 rings (SSSR count). The molecule has 7 nitrogen and oxygen atoms in total. The number of amides is 2. The molecular weight excluding hydrogens is 240 g/mol. The van der Waals surface area contributed by atoms with Gasteiger partial charge >= 0.3 is 12.2 Å². The second-order valence-corrected chi connectivity index (χ2v) is 5.50. The van der Waals surface area contributed by atoms with Gasteiger partial charge in [0.2, 0.25) is 0 Å². The fourth-order valence-electron chi connectivity index (χ4n) is 2.23. The zero-order valence-electron chi connectivity index (χ0n) is 10.7. The first kappa shape index (κ1) is 12.9. The first-order valence-corrected chi connectivity index (χ1v) is 5.89. The Kier molecular flexibility index (Phi) is 3.10. The van der Waals surface area contributed by atoms with Gasteiger partial charge in [0.05, 0.1) is 25.2 Å². The average Bonchev–Trinajstić information content (AvgIpc) is 2.70. The molecule has 2 fully saturated rings. The summed E-state index contributed by atoms with van der Waals surface area (Å²) in [5.41, 5.74) is -0.598. The molecule has 0 aromatic carbocycles. The molecule has 3 atom stereocenters. The molecule has 0 aromatic heterocycles. The lowest BCUT2D eigenvalue weighted by Gasteiger charge is -2.28. The largest absolute Gasteiger partial charge is 0.444 e. The van der Waals surface area contributed by atoms with Crippen LogP contribution in [0.3, 0.4) is 0 Å². The predicted octanol–water partition coefficient (Wildman–Crippen LogP) is 0.0750. The normalized spacial score (nSPS) is 30.8. The maximum atomic E-state index is 12.0. The summed E-state index contributed by atoms with van der Waals surface area (Å²) in [6.07, 6.45) is -1.43. The van der Waals surface area contributed by atoms with Crippen LogP contribution in [0, 0.1) is 0 Å². The van der Waals surface area contributed by atoms with Gasteiger partial charge in [-0.05, 0) is 20.8 Å². The van der Waals surface area contributed by atoms with Crippen molar-refractivity contribution in [3.63, 3.8) is 0 Å². The lowest BCUT2D eigenvalue weighted by molar-refractivity contribution is 0.0139. The molecule has 0 bridgehead atoms. The zero-order valence-corrected chi connectivity index (χ0v) is 10.7. The number of hydrogen-bond donors (Lipinski definition) is 2. The number of alkyl carbamates (subject to hydrolysis) is 1. The molecule has 0 aromatic rings. The minimum atomic E-state index is -0.598. The van der Waals surface area contributed by atoms with Crippen molar-refractivity contribution in [2.75, 3.05) is 13.2 Å². The molecule has 2 aliphatic rings. The van der Waals surface area contributed by atoms with E-state index in [0.717, 1.165) is 0 Å². The lowest BCUT2D eigenvalue weighted by Crippen LogP contribution is -2.48. The highest BCUT2D eigenvalue weighted by molar-refractivity contribution is 5.73. The number of nitrogens with one attached hydrogen (secondary N) is 1. The molecule has 0 aliphatic carbocycles. The van der Waals surface area contributed by atoms with Crippen molar-refractivity contribution in [3.05, 3.63) is 0 Å². The predicted molar refractivity (Wildman–Crippen MR) is 61.0 cm³/mol. The Morgan fingerprint density at radius 2 is 2.28 bits per heavy atom. The van der Waals surface area contributed by atoms with Crippen LogP contribution in [0.2, 0.25) is 0 Å². The standard InChI is InChI=1S/C11H18N2O5/c1-11(2,3)18-10(16)13-4-7-8(6(13)5-14)12-9(15)17-7/h6-8,14H,4-5H2,1-3H3,(H,12,15)/t6-,7-,8+/m1/s1. The van der Waals surface area contributed by atoms with Crippen LogP contribution >= 0.6 is 0 Å². The van der Waals surface area contributed by atoms with E-state index in [2.05, 4.69) is 5.32 Å². The smallest absolute Gasteiger partial charge is 0.410 e. The minimum absolute atomic E-state index is 0.240. The van der Waals surface area contributed by atoms with Gasteiger partial charge in [-0.15, -0.1) is 0 Å². The van der Waals surface area contributed by atoms with Gasteiger partial charge in [-0.25, -0.2) is 9.59 Å².